The minimum atomic E-state index is -1.19. The second-order valence-electron chi connectivity index (χ2n) is 10.1. The third kappa shape index (κ3) is 13.0. The highest BCUT2D eigenvalue weighted by Crippen LogP contribution is 2.08. The number of ketones is 1. The fourth-order valence-corrected chi connectivity index (χ4v) is 3.77. The third-order valence-corrected chi connectivity index (χ3v) is 5.97. The molecule has 0 saturated carbocycles. The third-order valence-electron chi connectivity index (χ3n) is 5.97. The van der Waals surface area contributed by atoms with Crippen LogP contribution in [0.5, 0.6) is 0 Å². The molecule has 11 heteroatoms. The van der Waals surface area contributed by atoms with Gasteiger partial charge in [-0.1, -0.05) is 53.9 Å². The van der Waals surface area contributed by atoms with Gasteiger partial charge in [0.15, 0.2) is 5.78 Å². The highest BCUT2D eigenvalue weighted by atomic mass is 16.3. The highest BCUT2D eigenvalue weighted by molar-refractivity contribution is 5.95. The number of carbonyl (C=O) groups excluding carboxylic acids is 5. The van der Waals surface area contributed by atoms with Crippen molar-refractivity contribution in [2.24, 2.45) is 11.7 Å². The molecule has 11 nitrogen and oxygen atoms in total. The molecule has 6 atom stereocenters. The van der Waals surface area contributed by atoms with Crippen LogP contribution in [0.3, 0.4) is 0 Å². The van der Waals surface area contributed by atoms with Gasteiger partial charge in [-0.05, 0) is 45.4 Å². The van der Waals surface area contributed by atoms with Gasteiger partial charge in [0.1, 0.15) is 24.2 Å². The number of Topliss-reactive ketones (excluding diaryl/α,β-unsaturated/α-hetero) is 1. The van der Waals surface area contributed by atoms with Crippen molar-refractivity contribution in [3.05, 3.63) is 0 Å². The molecule has 7 N–H and O–H groups in total. The number of nitrogens with one attached hydrogen (secondary N) is 4. The molecule has 0 aromatic heterocycles. The summed E-state index contributed by atoms with van der Waals surface area (Å²) >= 11 is 0. The molecule has 0 aliphatic rings. The van der Waals surface area contributed by atoms with Crippen molar-refractivity contribution < 1.29 is 29.1 Å². The quantitative estimate of drug-likeness (QED) is 0.151. The monoisotopic (exact) mass is 527 g/mol. The summed E-state index contributed by atoms with van der Waals surface area (Å²) in [5.74, 6) is -2.13. The van der Waals surface area contributed by atoms with Gasteiger partial charge >= 0.3 is 0 Å². The summed E-state index contributed by atoms with van der Waals surface area (Å²) in [4.78, 5) is 63.4. The van der Waals surface area contributed by atoms with E-state index in [2.05, 4.69) is 21.3 Å². The van der Waals surface area contributed by atoms with Crippen LogP contribution in [0, 0.1) is 5.92 Å². The minimum Gasteiger partial charge on any atom is -0.391 e. The van der Waals surface area contributed by atoms with Crippen LogP contribution >= 0.6 is 0 Å². The zero-order chi connectivity index (χ0) is 28.7. The number of hydrogen-bond donors (Lipinski definition) is 6. The maximum absolute atomic E-state index is 13.1. The molecule has 214 valence electrons. The topological polar surface area (TPSA) is 180 Å². The van der Waals surface area contributed by atoms with Crippen LogP contribution in [-0.4, -0.2) is 70.8 Å². The maximum Gasteiger partial charge on any atom is 0.243 e. The van der Waals surface area contributed by atoms with Crippen molar-refractivity contribution in [2.45, 2.75) is 130 Å². The number of nitrogens with two attached hydrogens (primary N) is 1. The largest absolute Gasteiger partial charge is 0.391 e. The predicted molar refractivity (Wildman–Crippen MR) is 142 cm³/mol. The van der Waals surface area contributed by atoms with Gasteiger partial charge in [-0.3, -0.25) is 24.0 Å². The highest BCUT2D eigenvalue weighted by Gasteiger charge is 2.31. The van der Waals surface area contributed by atoms with Gasteiger partial charge in [0.05, 0.1) is 12.1 Å². The van der Waals surface area contributed by atoms with E-state index in [9.17, 15) is 29.1 Å². The Bertz CT molecular complexity index is 758. The maximum atomic E-state index is 13.1. The summed E-state index contributed by atoms with van der Waals surface area (Å²) in [5, 5.41) is 20.3. The Morgan fingerprint density at radius 1 is 0.649 bits per heavy atom. The molecule has 37 heavy (non-hydrogen) atoms. The summed E-state index contributed by atoms with van der Waals surface area (Å²) in [6.07, 6.45) is 2.18. The summed E-state index contributed by atoms with van der Waals surface area (Å²) in [6, 6.07) is -4.55. The minimum absolute atomic E-state index is 0.154. The standard InChI is InChI=1S/C26H49N5O6/c1-8-11-18(28-24(35)20(13-10-3)30-26(37)22(27)17(7)33)23(34)29-19(12-9-2)25(36)31-21(16(6)32)14-15(4)5/h15,17-22,33H,8-14,27H2,1-7H3,(H,28,35)(H,29,34)(H,30,37)(H,31,36)/t17?,18-,19-,20-,21+,22-/m0/s1. The van der Waals surface area contributed by atoms with Crippen LogP contribution in [0.25, 0.3) is 0 Å². The van der Waals surface area contributed by atoms with Crippen LogP contribution < -0.4 is 27.0 Å². The average molecular weight is 528 g/mol. The van der Waals surface area contributed by atoms with E-state index in [4.69, 9.17) is 5.73 Å². The Morgan fingerprint density at radius 3 is 1.24 bits per heavy atom. The Labute approximate surface area is 221 Å². The number of hydrogen-bond acceptors (Lipinski definition) is 7. The zero-order valence-corrected chi connectivity index (χ0v) is 23.6. The fraction of sp³-hybridized carbons (Fsp3) is 0.808. The molecule has 0 saturated heterocycles. The second kappa shape index (κ2) is 17.8. The molecule has 0 bridgehead atoms. The van der Waals surface area contributed by atoms with Crippen LogP contribution in [0.2, 0.25) is 0 Å². The normalized spacial score (nSPS) is 16.1. The second-order valence-corrected chi connectivity index (χ2v) is 10.1. The molecule has 0 aromatic carbocycles. The van der Waals surface area contributed by atoms with E-state index in [-0.39, 0.29) is 11.7 Å². The number of amides is 4. The molecule has 4 amide bonds. The first-order chi connectivity index (χ1) is 17.3. The first-order valence-electron chi connectivity index (χ1n) is 13.4. The lowest BCUT2D eigenvalue weighted by Crippen LogP contribution is -2.59. The van der Waals surface area contributed by atoms with Crippen LogP contribution in [-0.2, 0) is 24.0 Å². The van der Waals surface area contributed by atoms with Crippen molar-refractivity contribution in [3.8, 4) is 0 Å². The summed E-state index contributed by atoms with van der Waals surface area (Å²) < 4.78 is 0. The fourth-order valence-electron chi connectivity index (χ4n) is 3.77. The summed E-state index contributed by atoms with van der Waals surface area (Å²) in [6.45, 7) is 12.3. The molecule has 0 fully saturated rings. The van der Waals surface area contributed by atoms with E-state index in [1.807, 2.05) is 34.6 Å². The van der Waals surface area contributed by atoms with Gasteiger partial charge in [0.2, 0.25) is 23.6 Å². The van der Waals surface area contributed by atoms with Crippen molar-refractivity contribution in [2.75, 3.05) is 0 Å². The smallest absolute Gasteiger partial charge is 0.243 e. The molecule has 0 aliphatic heterocycles. The Morgan fingerprint density at radius 2 is 0.973 bits per heavy atom. The van der Waals surface area contributed by atoms with Gasteiger partial charge in [0, 0.05) is 0 Å². The molecule has 0 heterocycles. The summed E-state index contributed by atoms with van der Waals surface area (Å²) in [7, 11) is 0. The molecular formula is C26H49N5O6. The number of aliphatic hydroxyl groups excluding tert-OH is 1. The Kier molecular flexibility index (Phi) is 16.6. The van der Waals surface area contributed by atoms with E-state index in [0.29, 0.717) is 44.9 Å². The first kappa shape index (κ1) is 34.5. The lowest BCUT2D eigenvalue weighted by molar-refractivity contribution is -0.135. The predicted octanol–water partition coefficient (Wildman–Crippen LogP) is 0.669. The van der Waals surface area contributed by atoms with Gasteiger partial charge in [-0.15, -0.1) is 0 Å². The molecule has 1 unspecified atom stereocenters. The first-order valence-corrected chi connectivity index (χ1v) is 13.4. The van der Waals surface area contributed by atoms with E-state index < -0.39 is 59.9 Å². The molecular weight excluding hydrogens is 478 g/mol. The lowest BCUT2D eigenvalue weighted by atomic mass is 10.00. The molecule has 0 spiro atoms. The number of aliphatic hydroxyl groups is 1. The van der Waals surface area contributed by atoms with Crippen molar-refractivity contribution in [1.29, 1.82) is 0 Å². The SMILES string of the molecule is CCC[C@H](NC(=O)[C@H](CCC)NC(=O)[C@@H](N)C(C)O)C(=O)N[C@@H](CCC)C(=O)N[C@H](CC(C)C)C(C)=O. The number of carbonyl (C=O) groups is 5. The van der Waals surface area contributed by atoms with Crippen molar-refractivity contribution in [1.82, 2.24) is 21.3 Å². The molecule has 0 rings (SSSR count). The lowest BCUT2D eigenvalue weighted by Gasteiger charge is -2.27. The van der Waals surface area contributed by atoms with Crippen LogP contribution in [0.1, 0.15) is 93.4 Å². The van der Waals surface area contributed by atoms with E-state index in [0.717, 1.165) is 0 Å². The number of rotatable bonds is 18. The zero-order valence-electron chi connectivity index (χ0n) is 23.6. The van der Waals surface area contributed by atoms with E-state index in [1.54, 1.807) is 0 Å². The average Bonchev–Trinajstić information content (AvgIpc) is 2.81. The van der Waals surface area contributed by atoms with E-state index in [1.165, 1.54) is 13.8 Å². The summed E-state index contributed by atoms with van der Waals surface area (Å²) in [5.41, 5.74) is 5.68. The van der Waals surface area contributed by atoms with Crippen molar-refractivity contribution in [3.63, 3.8) is 0 Å². The van der Waals surface area contributed by atoms with Gasteiger partial charge in [0.25, 0.3) is 0 Å². The van der Waals surface area contributed by atoms with Gasteiger partial charge in [-0.25, -0.2) is 0 Å². The van der Waals surface area contributed by atoms with E-state index >= 15 is 0 Å². The molecule has 0 radical (unpaired) electrons. The molecule has 0 aromatic rings. The van der Waals surface area contributed by atoms with Crippen LogP contribution in [0.4, 0.5) is 0 Å². The molecule has 0 aliphatic carbocycles. The van der Waals surface area contributed by atoms with Crippen molar-refractivity contribution >= 4 is 29.4 Å². The Hall–Kier alpha value is -2.53. The van der Waals surface area contributed by atoms with Gasteiger partial charge < -0.3 is 32.1 Å². The van der Waals surface area contributed by atoms with Crippen LogP contribution in [0.15, 0.2) is 0 Å². The van der Waals surface area contributed by atoms with Gasteiger partial charge in [-0.2, -0.15) is 0 Å². The Balaban J connectivity index is 5.51.